The van der Waals surface area contributed by atoms with Gasteiger partial charge >= 0.3 is 0 Å². The van der Waals surface area contributed by atoms with E-state index in [9.17, 15) is 13.2 Å². The maximum Gasteiger partial charge on any atom is 0.240 e. The molecule has 0 saturated carbocycles. The van der Waals surface area contributed by atoms with Crippen LogP contribution in [-0.2, 0) is 21.4 Å². The summed E-state index contributed by atoms with van der Waals surface area (Å²) in [5.41, 5.74) is 0.896. The first-order valence-electron chi connectivity index (χ1n) is 11.1. The second kappa shape index (κ2) is 11.9. The highest BCUT2D eigenvalue weighted by Gasteiger charge is 2.17. The minimum absolute atomic E-state index is 0.0192. The molecule has 1 saturated heterocycles. The lowest BCUT2D eigenvalue weighted by Crippen LogP contribution is -2.30. The predicted molar refractivity (Wildman–Crippen MR) is 126 cm³/mol. The molecule has 3 rings (SSSR count). The lowest BCUT2D eigenvalue weighted by molar-refractivity contribution is -0.121. The van der Waals surface area contributed by atoms with Crippen LogP contribution in [0.5, 0.6) is 11.5 Å². The van der Waals surface area contributed by atoms with Crippen molar-refractivity contribution in [1.29, 1.82) is 0 Å². The van der Waals surface area contributed by atoms with E-state index >= 15 is 0 Å². The molecule has 10 heteroatoms. The first-order valence-corrected chi connectivity index (χ1v) is 12.6. The first kappa shape index (κ1) is 24.8. The summed E-state index contributed by atoms with van der Waals surface area (Å²) in [7, 11) is -0.869. The van der Waals surface area contributed by atoms with Gasteiger partial charge in [0, 0.05) is 44.9 Å². The molecule has 0 radical (unpaired) electrons. The fraction of sp³-hybridized carbons (Fsp3) is 0.478. The molecule has 0 bridgehead atoms. The smallest absolute Gasteiger partial charge is 0.240 e. The van der Waals surface area contributed by atoms with Gasteiger partial charge in [0.05, 0.1) is 19.1 Å². The molecule has 0 atom stereocenters. The van der Waals surface area contributed by atoms with Gasteiger partial charge in [-0.3, -0.25) is 4.79 Å². The number of carbonyl (C=O) groups excluding carboxylic acids is 1. The van der Waals surface area contributed by atoms with Crippen molar-refractivity contribution in [2.24, 2.45) is 0 Å². The molecule has 1 aliphatic rings. The highest BCUT2D eigenvalue weighted by molar-refractivity contribution is 7.89. The number of sulfonamides is 1. The monoisotopic (exact) mass is 476 g/mol. The highest BCUT2D eigenvalue weighted by atomic mass is 32.2. The van der Waals surface area contributed by atoms with Gasteiger partial charge in [0.2, 0.25) is 15.9 Å². The van der Waals surface area contributed by atoms with Crippen LogP contribution in [0.1, 0.15) is 37.7 Å². The zero-order valence-electron chi connectivity index (χ0n) is 19.2. The Morgan fingerprint density at radius 3 is 2.39 bits per heavy atom. The first-order chi connectivity index (χ1) is 15.9. The SMILES string of the molecule is COc1ccc(S(=O)(=O)NCCC(=O)NCc2ccc(N3CCCCCC3)nc2)cc1OC. The lowest BCUT2D eigenvalue weighted by atomic mass is 10.2. The average Bonchev–Trinajstić information content (AvgIpc) is 3.12. The number of pyridine rings is 1. The third kappa shape index (κ3) is 7.06. The Labute approximate surface area is 195 Å². The predicted octanol–water partition coefficient (Wildman–Crippen LogP) is 2.46. The summed E-state index contributed by atoms with van der Waals surface area (Å²) in [6.07, 6.45) is 6.71. The van der Waals surface area contributed by atoms with E-state index in [-0.39, 0.29) is 23.8 Å². The number of aromatic nitrogens is 1. The van der Waals surface area contributed by atoms with Gasteiger partial charge < -0.3 is 19.7 Å². The summed E-state index contributed by atoms with van der Waals surface area (Å²) in [5.74, 6) is 1.47. The van der Waals surface area contributed by atoms with Crippen molar-refractivity contribution >= 4 is 21.7 Å². The molecule has 2 aromatic rings. The molecule has 1 aromatic heterocycles. The van der Waals surface area contributed by atoms with Crippen LogP contribution in [0.25, 0.3) is 0 Å². The van der Waals surface area contributed by atoms with Crippen LogP contribution >= 0.6 is 0 Å². The van der Waals surface area contributed by atoms with Crippen molar-refractivity contribution < 1.29 is 22.7 Å². The van der Waals surface area contributed by atoms with Crippen LogP contribution in [0.3, 0.4) is 0 Å². The number of nitrogens with zero attached hydrogens (tertiary/aromatic N) is 2. The number of anilines is 1. The maximum atomic E-state index is 12.5. The fourth-order valence-electron chi connectivity index (χ4n) is 3.66. The average molecular weight is 477 g/mol. The minimum atomic E-state index is -3.78. The largest absolute Gasteiger partial charge is 0.493 e. The summed E-state index contributed by atoms with van der Waals surface area (Å²) in [4.78, 5) is 19.0. The van der Waals surface area contributed by atoms with E-state index < -0.39 is 10.0 Å². The zero-order chi connectivity index (χ0) is 23.7. The van der Waals surface area contributed by atoms with Gasteiger partial charge in [-0.05, 0) is 36.6 Å². The van der Waals surface area contributed by atoms with Crippen LogP contribution in [0.2, 0.25) is 0 Å². The fourth-order valence-corrected chi connectivity index (χ4v) is 4.71. The van der Waals surface area contributed by atoms with Gasteiger partial charge in [0.25, 0.3) is 0 Å². The lowest BCUT2D eigenvalue weighted by Gasteiger charge is -2.21. The summed E-state index contributed by atoms with van der Waals surface area (Å²) in [6, 6.07) is 8.28. The van der Waals surface area contributed by atoms with E-state index in [1.807, 2.05) is 12.1 Å². The van der Waals surface area contributed by atoms with E-state index in [0.717, 1.165) is 24.5 Å². The third-order valence-corrected chi connectivity index (χ3v) is 7.00. The van der Waals surface area contributed by atoms with Crippen molar-refractivity contribution in [3.8, 4) is 11.5 Å². The number of amides is 1. The Kier molecular flexibility index (Phi) is 8.90. The standard InChI is InChI=1S/C23H32N4O5S/c1-31-20-9-8-19(15-21(20)32-2)33(29,30)26-12-11-23(28)25-17-18-7-10-22(24-16-18)27-13-5-3-4-6-14-27/h7-10,15-16,26H,3-6,11-14,17H2,1-2H3,(H,25,28). The van der Waals surface area contributed by atoms with Crippen LogP contribution in [0.15, 0.2) is 41.4 Å². The Bertz CT molecular complexity index is 1020. The summed E-state index contributed by atoms with van der Waals surface area (Å²) in [6.45, 7) is 2.38. The van der Waals surface area contributed by atoms with Gasteiger partial charge in [-0.15, -0.1) is 0 Å². The summed E-state index contributed by atoms with van der Waals surface area (Å²) in [5, 5.41) is 2.80. The van der Waals surface area contributed by atoms with Crippen LogP contribution in [-0.4, -0.2) is 53.2 Å². The molecule has 2 heterocycles. The number of methoxy groups -OCH3 is 2. The number of nitrogens with one attached hydrogen (secondary N) is 2. The molecule has 0 aliphatic carbocycles. The molecule has 9 nitrogen and oxygen atoms in total. The number of rotatable bonds is 10. The van der Waals surface area contributed by atoms with E-state index in [0.29, 0.717) is 18.0 Å². The quantitative estimate of drug-likeness (QED) is 0.542. The van der Waals surface area contributed by atoms with E-state index in [1.165, 1.54) is 58.1 Å². The molecule has 1 amide bonds. The Balaban J connectivity index is 1.44. The van der Waals surface area contributed by atoms with Gasteiger partial charge in [0.1, 0.15) is 5.82 Å². The van der Waals surface area contributed by atoms with Crippen molar-refractivity contribution in [1.82, 2.24) is 15.0 Å². The minimum Gasteiger partial charge on any atom is -0.493 e. The number of hydrogen-bond donors (Lipinski definition) is 2. The van der Waals surface area contributed by atoms with E-state index in [1.54, 1.807) is 6.20 Å². The molecule has 1 aromatic carbocycles. The van der Waals surface area contributed by atoms with Crippen molar-refractivity contribution in [2.45, 2.75) is 43.5 Å². The molecule has 1 fully saturated rings. The second-order valence-electron chi connectivity index (χ2n) is 7.87. The topological polar surface area (TPSA) is 110 Å². The van der Waals surface area contributed by atoms with Crippen molar-refractivity contribution in [2.75, 3.05) is 38.8 Å². The van der Waals surface area contributed by atoms with Crippen LogP contribution < -0.4 is 24.4 Å². The normalized spacial score (nSPS) is 14.4. The van der Waals surface area contributed by atoms with E-state index in [4.69, 9.17) is 9.47 Å². The highest BCUT2D eigenvalue weighted by Crippen LogP contribution is 2.29. The number of benzene rings is 1. The molecule has 1 aliphatic heterocycles. The van der Waals surface area contributed by atoms with Gasteiger partial charge in [-0.1, -0.05) is 18.9 Å². The third-order valence-electron chi connectivity index (χ3n) is 5.54. The maximum absolute atomic E-state index is 12.5. The van der Waals surface area contributed by atoms with Crippen LogP contribution in [0, 0.1) is 0 Å². The summed E-state index contributed by atoms with van der Waals surface area (Å²) >= 11 is 0. The van der Waals surface area contributed by atoms with E-state index in [2.05, 4.69) is 19.9 Å². The molecule has 33 heavy (non-hydrogen) atoms. The molecular weight excluding hydrogens is 444 g/mol. The van der Waals surface area contributed by atoms with Crippen molar-refractivity contribution in [3.05, 3.63) is 42.1 Å². The number of ether oxygens (including phenoxy) is 2. The molecule has 0 unspecified atom stereocenters. The molecular formula is C23H32N4O5S. The Morgan fingerprint density at radius 1 is 1.03 bits per heavy atom. The summed E-state index contributed by atoms with van der Waals surface area (Å²) < 4.78 is 37.7. The number of hydrogen-bond acceptors (Lipinski definition) is 7. The van der Waals surface area contributed by atoms with Gasteiger partial charge in [-0.25, -0.2) is 18.1 Å². The van der Waals surface area contributed by atoms with Gasteiger partial charge in [0.15, 0.2) is 11.5 Å². The van der Waals surface area contributed by atoms with Crippen LogP contribution in [0.4, 0.5) is 5.82 Å². The van der Waals surface area contributed by atoms with Gasteiger partial charge in [-0.2, -0.15) is 0 Å². The molecule has 2 N–H and O–H groups in total. The van der Waals surface area contributed by atoms with Crippen molar-refractivity contribution in [3.63, 3.8) is 0 Å². The molecule has 0 spiro atoms. The Hall–Kier alpha value is -2.85. The molecule has 180 valence electrons. The zero-order valence-corrected chi connectivity index (χ0v) is 20.0. The number of carbonyl (C=O) groups is 1. The second-order valence-corrected chi connectivity index (χ2v) is 9.63. The Morgan fingerprint density at radius 2 is 1.76 bits per heavy atom.